The number of benzene rings is 1. The third-order valence-electron chi connectivity index (χ3n) is 4.12. The van der Waals surface area contributed by atoms with Gasteiger partial charge in [0.15, 0.2) is 5.69 Å². The molecule has 2 heterocycles. The number of fused-ring (bicyclic) bond motifs is 1. The average molecular weight is 382 g/mol. The van der Waals surface area contributed by atoms with Gasteiger partial charge in [-0.25, -0.2) is 4.98 Å². The van der Waals surface area contributed by atoms with E-state index in [1.807, 2.05) is 26.0 Å². The molecule has 9 nitrogen and oxygen atoms in total. The summed E-state index contributed by atoms with van der Waals surface area (Å²) in [4.78, 5) is 20.7. The van der Waals surface area contributed by atoms with Crippen molar-refractivity contribution in [2.45, 2.75) is 13.8 Å². The van der Waals surface area contributed by atoms with E-state index in [0.717, 1.165) is 0 Å². The number of nitrogen functional groups attached to an aromatic ring is 1. The van der Waals surface area contributed by atoms with Crippen LogP contribution in [0.5, 0.6) is 11.9 Å². The number of hydrogen-bond donors (Lipinski definition) is 2. The Morgan fingerprint density at radius 1 is 1.18 bits per heavy atom. The summed E-state index contributed by atoms with van der Waals surface area (Å²) in [6.45, 7) is 4.54. The number of ether oxygens (including phenoxy) is 2. The first kappa shape index (κ1) is 19.3. The minimum Gasteiger partial charge on any atom is -0.480 e. The lowest BCUT2D eigenvalue weighted by Crippen LogP contribution is -2.29. The number of anilines is 1. The second kappa shape index (κ2) is 8.03. The molecule has 0 aliphatic rings. The van der Waals surface area contributed by atoms with Crippen LogP contribution in [0.3, 0.4) is 0 Å². The van der Waals surface area contributed by atoms with Crippen LogP contribution in [0.2, 0.25) is 0 Å². The number of carbonyl (C=O) groups excluding carboxylic acids is 1. The van der Waals surface area contributed by atoms with Gasteiger partial charge in [0.2, 0.25) is 5.88 Å². The van der Waals surface area contributed by atoms with Crippen molar-refractivity contribution in [1.82, 2.24) is 25.5 Å². The number of hydrogen-bond acceptors (Lipinski definition) is 8. The summed E-state index contributed by atoms with van der Waals surface area (Å²) < 4.78 is 10.4. The van der Waals surface area contributed by atoms with E-state index in [1.54, 1.807) is 12.3 Å². The van der Waals surface area contributed by atoms with Crippen LogP contribution in [0.15, 0.2) is 24.4 Å². The molecule has 0 fully saturated rings. The molecule has 0 unspecified atom stereocenters. The first-order chi connectivity index (χ1) is 13.5. The Labute approximate surface area is 162 Å². The maximum absolute atomic E-state index is 12.4. The van der Waals surface area contributed by atoms with E-state index in [9.17, 15) is 4.79 Å². The van der Waals surface area contributed by atoms with Crippen LogP contribution in [0, 0.1) is 5.92 Å². The van der Waals surface area contributed by atoms with Gasteiger partial charge in [0, 0.05) is 23.7 Å². The predicted molar refractivity (Wildman–Crippen MR) is 105 cm³/mol. The number of amides is 1. The van der Waals surface area contributed by atoms with E-state index in [4.69, 9.17) is 15.2 Å². The third kappa shape index (κ3) is 3.64. The topological polar surface area (TPSA) is 125 Å². The van der Waals surface area contributed by atoms with Crippen LogP contribution in [0.25, 0.3) is 22.0 Å². The van der Waals surface area contributed by atoms with Gasteiger partial charge in [-0.1, -0.05) is 32.0 Å². The van der Waals surface area contributed by atoms with Crippen LogP contribution in [0.1, 0.15) is 24.3 Å². The molecule has 0 radical (unpaired) electrons. The van der Waals surface area contributed by atoms with E-state index in [1.165, 1.54) is 14.2 Å². The van der Waals surface area contributed by atoms with E-state index in [0.29, 0.717) is 40.4 Å². The smallest absolute Gasteiger partial charge is 0.319 e. The Kier molecular flexibility index (Phi) is 5.53. The fourth-order valence-corrected chi connectivity index (χ4v) is 2.71. The summed E-state index contributed by atoms with van der Waals surface area (Å²) in [5.74, 6) is 0.294. The highest BCUT2D eigenvalue weighted by atomic mass is 16.5. The van der Waals surface area contributed by atoms with Crippen LogP contribution < -0.4 is 20.5 Å². The second-order valence-electron chi connectivity index (χ2n) is 6.55. The van der Waals surface area contributed by atoms with E-state index >= 15 is 0 Å². The molecule has 0 bridgehead atoms. The molecular weight excluding hydrogens is 360 g/mol. The molecule has 3 N–H and O–H groups in total. The van der Waals surface area contributed by atoms with Crippen LogP contribution in [-0.4, -0.2) is 46.8 Å². The van der Waals surface area contributed by atoms with Gasteiger partial charge < -0.3 is 20.5 Å². The van der Waals surface area contributed by atoms with Crippen molar-refractivity contribution in [2.24, 2.45) is 5.92 Å². The minimum absolute atomic E-state index is 0.100. The van der Waals surface area contributed by atoms with Gasteiger partial charge >= 0.3 is 6.01 Å². The predicted octanol–water partition coefficient (Wildman–Crippen LogP) is 2.07. The van der Waals surface area contributed by atoms with Gasteiger partial charge in [0.25, 0.3) is 5.91 Å². The summed E-state index contributed by atoms with van der Waals surface area (Å²) in [5.41, 5.74) is 8.43. The molecule has 1 aromatic carbocycles. The molecule has 0 aliphatic carbocycles. The Morgan fingerprint density at radius 3 is 2.64 bits per heavy atom. The Balaban J connectivity index is 2.10. The number of nitrogens with two attached hydrogens (primary N) is 1. The van der Waals surface area contributed by atoms with Gasteiger partial charge in [-0.15, -0.1) is 10.2 Å². The lowest BCUT2D eigenvalue weighted by molar-refractivity contribution is 0.0944. The fraction of sp³-hybridized carbons (Fsp3) is 0.316. The van der Waals surface area contributed by atoms with E-state index < -0.39 is 0 Å². The number of methoxy groups -OCH3 is 2. The van der Waals surface area contributed by atoms with Crippen LogP contribution in [-0.2, 0) is 0 Å². The molecule has 9 heteroatoms. The summed E-state index contributed by atoms with van der Waals surface area (Å²) in [7, 11) is 2.98. The second-order valence-corrected chi connectivity index (χ2v) is 6.55. The van der Waals surface area contributed by atoms with Crippen LogP contribution in [0.4, 0.5) is 5.69 Å². The molecule has 28 heavy (non-hydrogen) atoms. The highest BCUT2D eigenvalue weighted by Crippen LogP contribution is 2.35. The molecule has 0 saturated heterocycles. The van der Waals surface area contributed by atoms with E-state index in [2.05, 4.69) is 25.5 Å². The molecule has 0 aliphatic heterocycles. The highest BCUT2D eigenvalue weighted by Gasteiger charge is 2.19. The van der Waals surface area contributed by atoms with Gasteiger partial charge in [-0.3, -0.25) is 4.79 Å². The molecule has 0 atom stereocenters. The van der Waals surface area contributed by atoms with Gasteiger partial charge in [0.1, 0.15) is 5.52 Å². The van der Waals surface area contributed by atoms with Gasteiger partial charge in [0.05, 0.1) is 25.5 Å². The number of aromatic nitrogens is 4. The number of carbonyl (C=O) groups is 1. The molecule has 1 amide bonds. The lowest BCUT2D eigenvalue weighted by Gasteiger charge is -2.13. The molecule has 2 aromatic heterocycles. The Bertz CT molecular complexity index is 1020. The normalized spacial score (nSPS) is 10.9. The molecule has 3 aromatic rings. The zero-order valence-electron chi connectivity index (χ0n) is 16.2. The standard InChI is InChI=1S/C19H22N6O3/c1-10(2)8-21-17(26)16-14(20)12-7-5-6-11(15(12)24-25-16)13-9-22-19(28-4)23-18(13)27-3/h5-7,9-10H,8H2,1-4H3,(H2,20,24)(H,21,26). The van der Waals surface area contributed by atoms with Crippen molar-refractivity contribution in [2.75, 3.05) is 26.5 Å². The quantitative estimate of drug-likeness (QED) is 0.664. The van der Waals surface area contributed by atoms with Crippen molar-refractivity contribution in [3.63, 3.8) is 0 Å². The first-order valence-corrected chi connectivity index (χ1v) is 8.74. The fourth-order valence-electron chi connectivity index (χ4n) is 2.71. The first-order valence-electron chi connectivity index (χ1n) is 8.74. The van der Waals surface area contributed by atoms with Gasteiger partial charge in [-0.2, -0.15) is 4.98 Å². The summed E-state index contributed by atoms with van der Waals surface area (Å²) >= 11 is 0. The van der Waals surface area contributed by atoms with Crippen molar-refractivity contribution in [3.8, 4) is 23.0 Å². The molecule has 146 valence electrons. The highest BCUT2D eigenvalue weighted by molar-refractivity contribution is 6.07. The largest absolute Gasteiger partial charge is 0.480 e. The van der Waals surface area contributed by atoms with E-state index in [-0.39, 0.29) is 23.3 Å². The monoisotopic (exact) mass is 382 g/mol. The number of nitrogens with zero attached hydrogens (tertiary/aromatic N) is 4. The Hall–Kier alpha value is -3.49. The SMILES string of the molecule is COc1ncc(-c2cccc3c(N)c(C(=O)NCC(C)C)nnc23)c(OC)n1. The zero-order chi connectivity index (χ0) is 20.3. The summed E-state index contributed by atoms with van der Waals surface area (Å²) in [6.07, 6.45) is 1.58. The Morgan fingerprint density at radius 2 is 1.96 bits per heavy atom. The third-order valence-corrected chi connectivity index (χ3v) is 4.12. The number of rotatable bonds is 6. The maximum atomic E-state index is 12.4. The number of nitrogens with one attached hydrogen (secondary N) is 1. The molecule has 0 saturated carbocycles. The summed E-state index contributed by atoms with van der Waals surface area (Å²) in [6, 6.07) is 5.63. The van der Waals surface area contributed by atoms with Crippen molar-refractivity contribution in [3.05, 3.63) is 30.1 Å². The van der Waals surface area contributed by atoms with Crippen molar-refractivity contribution < 1.29 is 14.3 Å². The average Bonchev–Trinajstić information content (AvgIpc) is 2.71. The maximum Gasteiger partial charge on any atom is 0.319 e. The minimum atomic E-state index is -0.351. The molecule has 3 rings (SSSR count). The molecular formula is C19H22N6O3. The van der Waals surface area contributed by atoms with Crippen molar-refractivity contribution >= 4 is 22.5 Å². The molecule has 0 spiro atoms. The van der Waals surface area contributed by atoms with Crippen molar-refractivity contribution in [1.29, 1.82) is 0 Å². The van der Waals surface area contributed by atoms with Crippen LogP contribution >= 0.6 is 0 Å². The lowest BCUT2D eigenvalue weighted by atomic mass is 10.0. The van der Waals surface area contributed by atoms with Gasteiger partial charge in [-0.05, 0) is 5.92 Å². The zero-order valence-corrected chi connectivity index (χ0v) is 16.2. The summed E-state index contributed by atoms with van der Waals surface area (Å²) in [5, 5.41) is 11.7.